The summed E-state index contributed by atoms with van der Waals surface area (Å²) >= 11 is 3.42. The first-order valence-corrected chi connectivity index (χ1v) is 9.43. The first-order chi connectivity index (χ1) is 13.9. The van der Waals surface area contributed by atoms with E-state index in [0.717, 1.165) is 15.4 Å². The van der Waals surface area contributed by atoms with Gasteiger partial charge in [-0.05, 0) is 41.6 Å². The van der Waals surface area contributed by atoms with Gasteiger partial charge >= 0.3 is 0 Å². The Kier molecular flexibility index (Phi) is 4.85. The predicted molar refractivity (Wildman–Crippen MR) is 112 cm³/mol. The summed E-state index contributed by atoms with van der Waals surface area (Å²) in [6.07, 6.45) is 0. The summed E-state index contributed by atoms with van der Waals surface area (Å²) in [5, 5.41) is 20.5. The van der Waals surface area contributed by atoms with Crippen LogP contribution in [0.4, 0.5) is 11.4 Å². The van der Waals surface area contributed by atoms with Gasteiger partial charge in [-0.25, -0.2) is 0 Å². The number of tetrazole rings is 1. The van der Waals surface area contributed by atoms with E-state index in [2.05, 4.69) is 47.2 Å². The average Bonchev–Trinajstić information content (AvgIpc) is 3.31. The number of carbonyl (C=O) groups is 2. The van der Waals surface area contributed by atoms with Gasteiger partial charge in [-0.2, -0.15) is 5.21 Å². The first-order valence-electron chi connectivity index (χ1n) is 8.64. The maximum absolute atomic E-state index is 13.0. The second-order valence-electron chi connectivity index (χ2n) is 6.42. The summed E-state index contributed by atoms with van der Waals surface area (Å²) in [5.74, 6) is -0.0591. The van der Waals surface area contributed by atoms with Crippen molar-refractivity contribution in [1.29, 1.82) is 0 Å². The number of hydrogen-bond acceptors (Lipinski definition) is 5. The maximum atomic E-state index is 13.0. The fourth-order valence-electron chi connectivity index (χ4n) is 3.10. The molecule has 10 heteroatoms. The van der Waals surface area contributed by atoms with Crippen LogP contribution in [-0.4, -0.2) is 37.0 Å². The molecule has 0 aliphatic heterocycles. The smallest absolute Gasteiger partial charge is 0.272 e. The average molecular weight is 454 g/mol. The van der Waals surface area contributed by atoms with Crippen LogP contribution in [0.1, 0.15) is 17.4 Å². The Morgan fingerprint density at radius 2 is 1.93 bits per heavy atom. The molecule has 0 radical (unpaired) electrons. The molecule has 3 N–H and O–H groups in total. The quantitative estimate of drug-likeness (QED) is 0.437. The van der Waals surface area contributed by atoms with Crippen molar-refractivity contribution in [3.8, 4) is 11.4 Å². The molecule has 4 rings (SSSR count). The van der Waals surface area contributed by atoms with Gasteiger partial charge < -0.3 is 15.2 Å². The largest absolute Gasteiger partial charge is 0.340 e. The van der Waals surface area contributed by atoms with Crippen LogP contribution in [0.25, 0.3) is 22.3 Å². The molecular formula is C19H16BrN7O2. The number of rotatable bonds is 4. The number of H-pyrrole nitrogens is 1. The molecule has 2 amide bonds. The predicted octanol–water partition coefficient (Wildman–Crippen LogP) is 3.33. The number of aryl methyl sites for hydroxylation is 1. The number of nitrogens with one attached hydrogen (secondary N) is 3. The molecule has 0 saturated carbocycles. The molecule has 2 heterocycles. The molecule has 0 bridgehead atoms. The minimum absolute atomic E-state index is 0.152. The van der Waals surface area contributed by atoms with Gasteiger partial charge in [0, 0.05) is 35.1 Å². The highest BCUT2D eigenvalue weighted by Gasteiger charge is 2.17. The van der Waals surface area contributed by atoms with Crippen LogP contribution in [0.15, 0.2) is 46.9 Å². The number of nitrogens with zero attached hydrogens (tertiary/aromatic N) is 4. The van der Waals surface area contributed by atoms with Gasteiger partial charge in [0.05, 0.1) is 11.2 Å². The monoisotopic (exact) mass is 453 g/mol. The Bertz CT molecular complexity index is 1230. The summed E-state index contributed by atoms with van der Waals surface area (Å²) < 4.78 is 2.61. The molecule has 4 aromatic rings. The normalized spacial score (nSPS) is 10.9. The number of fused-ring (bicyclic) bond motifs is 1. The second-order valence-corrected chi connectivity index (χ2v) is 7.34. The van der Waals surface area contributed by atoms with Gasteiger partial charge in [0.15, 0.2) is 0 Å². The van der Waals surface area contributed by atoms with Crippen molar-refractivity contribution in [3.05, 3.63) is 52.6 Å². The Labute approximate surface area is 173 Å². The lowest BCUT2D eigenvalue weighted by atomic mass is 10.1. The van der Waals surface area contributed by atoms with Crippen LogP contribution in [0.5, 0.6) is 0 Å². The van der Waals surface area contributed by atoms with E-state index in [4.69, 9.17) is 0 Å². The SMILES string of the molecule is CC(=O)Nc1ccc2cc(C(=O)Nc3ccc(Br)cc3-c3nn[nH]n3)n(C)c2c1. The molecule has 9 nitrogen and oxygen atoms in total. The number of aromatic nitrogens is 5. The van der Waals surface area contributed by atoms with Crippen LogP contribution in [-0.2, 0) is 11.8 Å². The summed E-state index contributed by atoms with van der Waals surface area (Å²) in [6.45, 7) is 1.45. The minimum atomic E-state index is -0.281. The first kappa shape index (κ1) is 18.8. The zero-order chi connectivity index (χ0) is 20.5. The van der Waals surface area contributed by atoms with Crippen LogP contribution >= 0.6 is 15.9 Å². The number of halogens is 1. The lowest BCUT2D eigenvalue weighted by molar-refractivity contribution is -0.114. The Balaban J connectivity index is 1.68. The molecule has 0 spiro atoms. The van der Waals surface area contributed by atoms with Crippen molar-refractivity contribution >= 4 is 50.0 Å². The Hall–Kier alpha value is -3.53. The summed E-state index contributed by atoms with van der Waals surface area (Å²) in [4.78, 5) is 24.3. The van der Waals surface area contributed by atoms with Crippen LogP contribution in [0, 0.1) is 0 Å². The molecule has 0 fully saturated rings. The molecule has 2 aromatic carbocycles. The highest BCUT2D eigenvalue weighted by Crippen LogP contribution is 2.29. The zero-order valence-electron chi connectivity index (χ0n) is 15.5. The standard InChI is InChI=1S/C19H16BrN7O2/c1-10(28)21-13-5-3-11-7-17(27(2)16(11)9-13)19(29)22-15-6-4-12(20)8-14(15)18-23-25-26-24-18/h3-9H,1-2H3,(H,21,28)(H,22,29)(H,23,24,25,26). The Morgan fingerprint density at radius 3 is 2.66 bits per heavy atom. The number of hydrogen-bond donors (Lipinski definition) is 3. The van der Waals surface area contributed by atoms with E-state index in [0.29, 0.717) is 28.5 Å². The molecule has 146 valence electrons. The zero-order valence-corrected chi connectivity index (χ0v) is 17.1. The van der Waals surface area contributed by atoms with E-state index in [9.17, 15) is 9.59 Å². The lowest BCUT2D eigenvalue weighted by Crippen LogP contribution is -2.16. The lowest BCUT2D eigenvalue weighted by Gasteiger charge is -2.10. The molecule has 29 heavy (non-hydrogen) atoms. The summed E-state index contributed by atoms with van der Waals surface area (Å²) in [6, 6.07) is 12.7. The van der Waals surface area contributed by atoms with E-state index in [1.807, 2.05) is 24.3 Å². The van der Waals surface area contributed by atoms with Crippen molar-refractivity contribution in [2.45, 2.75) is 6.92 Å². The van der Waals surface area contributed by atoms with Gasteiger partial charge in [0.1, 0.15) is 5.69 Å². The third kappa shape index (κ3) is 3.74. The highest BCUT2D eigenvalue weighted by atomic mass is 79.9. The van der Waals surface area contributed by atoms with Crippen molar-refractivity contribution < 1.29 is 9.59 Å². The number of carbonyl (C=O) groups excluding carboxylic acids is 2. The summed E-state index contributed by atoms with van der Waals surface area (Å²) in [5.41, 5.74) is 3.17. The molecule has 2 aromatic heterocycles. The Morgan fingerprint density at radius 1 is 1.10 bits per heavy atom. The van der Waals surface area contributed by atoms with Crippen molar-refractivity contribution in [2.75, 3.05) is 10.6 Å². The fourth-order valence-corrected chi connectivity index (χ4v) is 3.46. The fraction of sp³-hybridized carbons (Fsp3) is 0.105. The molecule has 0 unspecified atom stereocenters. The molecule has 0 saturated heterocycles. The van der Waals surface area contributed by atoms with E-state index in [1.165, 1.54) is 6.92 Å². The van der Waals surface area contributed by atoms with Gasteiger partial charge in [-0.15, -0.1) is 10.2 Å². The second kappa shape index (κ2) is 7.47. The van der Waals surface area contributed by atoms with E-state index in [-0.39, 0.29) is 11.8 Å². The molecule has 0 atom stereocenters. The number of amides is 2. The number of aromatic amines is 1. The van der Waals surface area contributed by atoms with Crippen molar-refractivity contribution in [3.63, 3.8) is 0 Å². The maximum Gasteiger partial charge on any atom is 0.272 e. The van der Waals surface area contributed by atoms with Gasteiger partial charge in [0.25, 0.3) is 5.91 Å². The number of benzene rings is 2. The molecule has 0 aliphatic carbocycles. The molecular weight excluding hydrogens is 438 g/mol. The highest BCUT2D eigenvalue weighted by molar-refractivity contribution is 9.10. The number of anilines is 2. The third-order valence-corrected chi connectivity index (χ3v) is 4.91. The summed E-state index contributed by atoms with van der Waals surface area (Å²) in [7, 11) is 1.80. The van der Waals surface area contributed by atoms with Gasteiger partial charge in [0.2, 0.25) is 11.7 Å². The minimum Gasteiger partial charge on any atom is -0.340 e. The van der Waals surface area contributed by atoms with Crippen molar-refractivity contribution in [2.24, 2.45) is 7.05 Å². The van der Waals surface area contributed by atoms with E-state index in [1.54, 1.807) is 29.8 Å². The van der Waals surface area contributed by atoms with Gasteiger partial charge in [-0.3, -0.25) is 9.59 Å². The van der Waals surface area contributed by atoms with Gasteiger partial charge in [-0.1, -0.05) is 22.0 Å². The third-order valence-electron chi connectivity index (χ3n) is 4.41. The van der Waals surface area contributed by atoms with E-state index >= 15 is 0 Å². The van der Waals surface area contributed by atoms with Crippen LogP contribution < -0.4 is 10.6 Å². The topological polar surface area (TPSA) is 118 Å². The molecule has 0 aliphatic rings. The van der Waals surface area contributed by atoms with Crippen molar-refractivity contribution in [1.82, 2.24) is 25.2 Å². The van der Waals surface area contributed by atoms with Crippen LogP contribution in [0.2, 0.25) is 0 Å². The van der Waals surface area contributed by atoms with Crippen LogP contribution in [0.3, 0.4) is 0 Å². The van der Waals surface area contributed by atoms with E-state index < -0.39 is 0 Å².